The summed E-state index contributed by atoms with van der Waals surface area (Å²) in [5.41, 5.74) is 2.31. The number of aryl methyl sites for hydroxylation is 1. The molecule has 1 heterocycles. The van der Waals surface area contributed by atoms with Gasteiger partial charge in [-0.25, -0.2) is 0 Å². The second-order valence-electron chi connectivity index (χ2n) is 6.84. The first kappa shape index (κ1) is 17.5. The molecule has 1 aliphatic carbocycles. The van der Waals surface area contributed by atoms with E-state index in [1.165, 1.54) is 10.9 Å². The van der Waals surface area contributed by atoms with Crippen molar-refractivity contribution in [1.29, 1.82) is 0 Å². The van der Waals surface area contributed by atoms with Gasteiger partial charge in [-0.2, -0.15) is 0 Å². The third-order valence-corrected chi connectivity index (χ3v) is 4.88. The Labute approximate surface area is 148 Å². The molecule has 25 heavy (non-hydrogen) atoms. The molecule has 0 aliphatic heterocycles. The molecule has 1 fully saturated rings. The van der Waals surface area contributed by atoms with Crippen LogP contribution in [0.15, 0.2) is 30.5 Å². The number of esters is 1. The van der Waals surface area contributed by atoms with Crippen molar-refractivity contribution in [3.63, 3.8) is 0 Å². The van der Waals surface area contributed by atoms with Gasteiger partial charge in [0.15, 0.2) is 6.10 Å². The molecule has 1 aromatic carbocycles. The number of rotatable bonds is 7. The zero-order chi connectivity index (χ0) is 17.6. The maximum absolute atomic E-state index is 12.0. The third kappa shape index (κ3) is 4.62. The molecule has 0 radical (unpaired) electrons. The predicted octanol–water partition coefficient (Wildman–Crippen LogP) is 3.48. The molecule has 5 heteroatoms. The average Bonchev–Trinajstić information content (AvgIpc) is 3.25. The number of hydrogen-bond acceptors (Lipinski definition) is 3. The van der Waals surface area contributed by atoms with Gasteiger partial charge in [-0.05, 0) is 44.2 Å². The van der Waals surface area contributed by atoms with E-state index < -0.39 is 6.10 Å². The molecule has 0 unspecified atom stereocenters. The van der Waals surface area contributed by atoms with Gasteiger partial charge >= 0.3 is 5.97 Å². The van der Waals surface area contributed by atoms with Gasteiger partial charge in [-0.1, -0.05) is 31.0 Å². The molecule has 1 amide bonds. The molecule has 1 atom stereocenters. The fourth-order valence-corrected chi connectivity index (χ4v) is 3.46. The summed E-state index contributed by atoms with van der Waals surface area (Å²) in [5, 5.41) is 4.16. The first-order chi connectivity index (χ1) is 12.1. The Morgan fingerprint density at radius 1 is 1.28 bits per heavy atom. The Hall–Kier alpha value is -2.30. The number of amides is 1. The highest BCUT2D eigenvalue weighted by Gasteiger charge is 2.22. The highest BCUT2D eigenvalue weighted by molar-refractivity contribution is 5.84. The van der Waals surface area contributed by atoms with E-state index in [1.54, 1.807) is 6.92 Å². The zero-order valence-corrected chi connectivity index (χ0v) is 14.7. The molecule has 0 saturated heterocycles. The number of carbonyl (C=O) groups is 2. The van der Waals surface area contributed by atoms with E-state index in [1.807, 2.05) is 24.4 Å². The Morgan fingerprint density at radius 2 is 2.04 bits per heavy atom. The van der Waals surface area contributed by atoms with E-state index >= 15 is 0 Å². The Kier molecular flexibility index (Phi) is 5.74. The van der Waals surface area contributed by atoms with Gasteiger partial charge in [0.05, 0.1) is 0 Å². The highest BCUT2D eigenvalue weighted by Crippen LogP contribution is 2.20. The number of para-hydroxylation sites is 1. The van der Waals surface area contributed by atoms with Gasteiger partial charge in [0.2, 0.25) is 0 Å². The lowest BCUT2D eigenvalue weighted by atomic mass is 10.1. The van der Waals surface area contributed by atoms with E-state index in [0.29, 0.717) is 12.8 Å². The molecule has 1 aliphatic rings. The van der Waals surface area contributed by atoms with Gasteiger partial charge in [0.25, 0.3) is 5.91 Å². The van der Waals surface area contributed by atoms with Crippen molar-refractivity contribution in [3.05, 3.63) is 36.0 Å². The normalized spacial score (nSPS) is 16.0. The van der Waals surface area contributed by atoms with Crippen LogP contribution in [-0.4, -0.2) is 29.0 Å². The fourth-order valence-electron chi connectivity index (χ4n) is 3.46. The summed E-state index contributed by atoms with van der Waals surface area (Å²) in [4.78, 5) is 27.3. The van der Waals surface area contributed by atoms with E-state index in [0.717, 1.165) is 37.6 Å². The van der Waals surface area contributed by atoms with E-state index in [4.69, 9.17) is 4.74 Å². The number of nitrogens with one attached hydrogen (secondary N) is 2. The Bertz CT molecular complexity index is 731. The second kappa shape index (κ2) is 8.19. The van der Waals surface area contributed by atoms with Crippen LogP contribution in [0.1, 0.15) is 51.0 Å². The van der Waals surface area contributed by atoms with Crippen LogP contribution in [0, 0.1) is 0 Å². The number of hydrogen-bond donors (Lipinski definition) is 2. The van der Waals surface area contributed by atoms with Crippen LogP contribution in [0.2, 0.25) is 0 Å². The summed E-state index contributed by atoms with van der Waals surface area (Å²) in [6.45, 7) is 1.64. The van der Waals surface area contributed by atoms with Crippen molar-refractivity contribution in [1.82, 2.24) is 10.3 Å². The minimum Gasteiger partial charge on any atom is -0.453 e. The molecule has 1 saturated carbocycles. The van der Waals surface area contributed by atoms with Crippen molar-refractivity contribution < 1.29 is 14.3 Å². The van der Waals surface area contributed by atoms with Crippen molar-refractivity contribution in [2.24, 2.45) is 0 Å². The van der Waals surface area contributed by atoms with E-state index in [9.17, 15) is 9.59 Å². The lowest BCUT2D eigenvalue weighted by Crippen LogP contribution is -2.40. The number of fused-ring (bicyclic) bond motifs is 1. The SMILES string of the molecule is C[C@H](OC(=O)CCCc1c[nH]c2ccccc12)C(=O)NC1CCCC1. The number of benzene rings is 1. The monoisotopic (exact) mass is 342 g/mol. The molecule has 0 spiro atoms. The van der Waals surface area contributed by atoms with Crippen molar-refractivity contribution >= 4 is 22.8 Å². The standard InChI is InChI=1S/C20H26N2O3/c1-14(20(24)22-16-8-2-3-9-16)25-19(23)12-6-7-15-13-21-18-11-5-4-10-17(15)18/h4-5,10-11,13-14,16,21H,2-3,6-9,12H2,1H3,(H,22,24)/t14-/m0/s1. The first-order valence-corrected chi connectivity index (χ1v) is 9.18. The molecule has 3 rings (SSSR count). The molecule has 0 bridgehead atoms. The van der Waals surface area contributed by atoms with Crippen molar-refractivity contribution in [2.45, 2.75) is 64.0 Å². The van der Waals surface area contributed by atoms with Crippen LogP contribution in [0.4, 0.5) is 0 Å². The first-order valence-electron chi connectivity index (χ1n) is 9.18. The summed E-state index contributed by atoms with van der Waals surface area (Å²) in [7, 11) is 0. The number of aromatic amines is 1. The highest BCUT2D eigenvalue weighted by atomic mass is 16.5. The summed E-state index contributed by atoms with van der Waals surface area (Å²) >= 11 is 0. The molecule has 1 aromatic heterocycles. The molecule has 134 valence electrons. The lowest BCUT2D eigenvalue weighted by molar-refractivity contribution is -0.155. The number of aromatic nitrogens is 1. The van der Waals surface area contributed by atoms with Crippen molar-refractivity contribution in [2.75, 3.05) is 0 Å². The largest absolute Gasteiger partial charge is 0.453 e. The van der Waals surface area contributed by atoms with Gasteiger partial charge < -0.3 is 15.0 Å². The average molecular weight is 342 g/mol. The minimum absolute atomic E-state index is 0.183. The molecule has 5 nitrogen and oxygen atoms in total. The molecular formula is C20H26N2O3. The lowest BCUT2D eigenvalue weighted by Gasteiger charge is -2.17. The number of H-pyrrole nitrogens is 1. The summed E-state index contributed by atoms with van der Waals surface area (Å²) in [5.74, 6) is -0.495. The van der Waals surface area contributed by atoms with E-state index in [-0.39, 0.29) is 17.9 Å². The maximum atomic E-state index is 12.0. The molecular weight excluding hydrogens is 316 g/mol. The molecule has 2 N–H and O–H groups in total. The third-order valence-electron chi connectivity index (χ3n) is 4.88. The van der Waals surface area contributed by atoms with E-state index in [2.05, 4.69) is 16.4 Å². The Morgan fingerprint density at radius 3 is 2.84 bits per heavy atom. The number of ether oxygens (including phenoxy) is 1. The van der Waals surface area contributed by atoms with Crippen LogP contribution in [0.3, 0.4) is 0 Å². The second-order valence-corrected chi connectivity index (χ2v) is 6.84. The van der Waals surface area contributed by atoms with Crippen LogP contribution >= 0.6 is 0 Å². The topological polar surface area (TPSA) is 71.2 Å². The van der Waals surface area contributed by atoms with Gasteiger partial charge in [0, 0.05) is 29.6 Å². The smallest absolute Gasteiger partial charge is 0.306 e. The molecule has 2 aromatic rings. The Balaban J connectivity index is 1.40. The zero-order valence-electron chi connectivity index (χ0n) is 14.7. The predicted molar refractivity (Wildman–Crippen MR) is 97.2 cm³/mol. The summed E-state index contributed by atoms with van der Waals surface area (Å²) in [6.07, 6.45) is 7.47. The fraction of sp³-hybridized carbons (Fsp3) is 0.500. The van der Waals surface area contributed by atoms with Crippen LogP contribution in [-0.2, 0) is 20.7 Å². The summed E-state index contributed by atoms with van der Waals surface area (Å²) in [6, 6.07) is 8.37. The van der Waals surface area contributed by atoms with Crippen LogP contribution in [0.5, 0.6) is 0 Å². The van der Waals surface area contributed by atoms with Crippen molar-refractivity contribution in [3.8, 4) is 0 Å². The van der Waals surface area contributed by atoms with Crippen LogP contribution < -0.4 is 5.32 Å². The minimum atomic E-state index is -0.721. The maximum Gasteiger partial charge on any atom is 0.306 e. The summed E-state index contributed by atoms with van der Waals surface area (Å²) < 4.78 is 5.27. The van der Waals surface area contributed by atoms with Crippen LogP contribution in [0.25, 0.3) is 10.9 Å². The van der Waals surface area contributed by atoms with Gasteiger partial charge in [0.1, 0.15) is 0 Å². The quantitative estimate of drug-likeness (QED) is 0.757. The van der Waals surface area contributed by atoms with Gasteiger partial charge in [-0.15, -0.1) is 0 Å². The van der Waals surface area contributed by atoms with Gasteiger partial charge in [-0.3, -0.25) is 9.59 Å². The number of carbonyl (C=O) groups excluding carboxylic acids is 2.